The first-order valence-corrected chi connectivity index (χ1v) is 8.30. The van der Waals surface area contributed by atoms with Gasteiger partial charge in [0.15, 0.2) is 5.82 Å². The molecule has 0 atom stereocenters. The third-order valence-corrected chi connectivity index (χ3v) is 4.13. The summed E-state index contributed by atoms with van der Waals surface area (Å²) in [5.74, 6) is 0.699. The molecule has 2 heterocycles. The fourth-order valence-corrected chi connectivity index (χ4v) is 2.76. The minimum atomic E-state index is 0.691. The second kappa shape index (κ2) is 6.49. The quantitative estimate of drug-likeness (QED) is 0.397. The molecule has 0 N–H and O–H groups in total. The van der Waals surface area contributed by atoms with Crippen LogP contribution in [0.25, 0.3) is 16.9 Å². The van der Waals surface area contributed by atoms with E-state index < -0.39 is 0 Å². The van der Waals surface area contributed by atoms with Crippen LogP contribution in [0, 0.1) is 6.92 Å². The maximum atomic E-state index is 6.01. The predicted octanol–water partition coefficient (Wildman–Crippen LogP) is 6.38. The molecule has 25 heavy (non-hydrogen) atoms. The Morgan fingerprint density at radius 2 is 1.64 bits per heavy atom. The van der Waals surface area contributed by atoms with Gasteiger partial charge in [-0.25, -0.2) is 4.98 Å². The highest BCUT2D eigenvalue weighted by molar-refractivity contribution is 6.30. The topological polar surface area (TPSA) is 42.0 Å². The molecular weight excluding hydrogens is 332 g/mol. The third kappa shape index (κ3) is 3.16. The first-order valence-electron chi connectivity index (χ1n) is 7.92. The fraction of sp³-hybridized carbons (Fsp3) is 0.0500. The molecule has 0 saturated carbocycles. The molecule has 0 spiro atoms. The number of fused-ring (bicyclic) bond motifs is 1. The summed E-state index contributed by atoms with van der Waals surface area (Å²) in [5, 5.41) is 9.56. The van der Waals surface area contributed by atoms with Crippen molar-refractivity contribution in [3.8, 4) is 11.3 Å². The van der Waals surface area contributed by atoms with Crippen LogP contribution in [0.5, 0.6) is 0 Å². The average molecular weight is 347 g/mol. The number of aryl methyl sites for hydroxylation is 1. The standard InChI is InChI=1S/C20H15ClN4/c1-14-7-12-18-22-19(15-8-10-16(21)11-9-15)20(25(18)13-14)24-23-17-5-3-2-4-6-17/h2-13H,1H3. The molecule has 0 aliphatic rings. The van der Waals surface area contributed by atoms with Crippen molar-refractivity contribution in [2.24, 2.45) is 10.2 Å². The summed E-state index contributed by atoms with van der Waals surface area (Å²) in [6.45, 7) is 2.04. The van der Waals surface area contributed by atoms with Crippen molar-refractivity contribution in [1.29, 1.82) is 0 Å². The molecule has 0 radical (unpaired) electrons. The SMILES string of the molecule is Cc1ccc2nc(-c3ccc(Cl)cc3)c(N=Nc3ccccc3)n2c1. The van der Waals surface area contributed by atoms with Gasteiger partial charge in [0.1, 0.15) is 11.3 Å². The average Bonchev–Trinajstić information content (AvgIpc) is 2.99. The number of imidazole rings is 1. The first-order chi connectivity index (χ1) is 12.2. The second-order valence-electron chi connectivity index (χ2n) is 5.76. The van der Waals surface area contributed by atoms with E-state index in [0.29, 0.717) is 10.8 Å². The number of benzene rings is 2. The summed E-state index contributed by atoms with van der Waals surface area (Å²) >= 11 is 6.01. The van der Waals surface area contributed by atoms with Crippen LogP contribution in [0.2, 0.25) is 5.02 Å². The van der Waals surface area contributed by atoms with E-state index in [1.807, 2.05) is 84.3 Å². The summed E-state index contributed by atoms with van der Waals surface area (Å²) in [4.78, 5) is 4.73. The zero-order valence-corrected chi connectivity index (χ0v) is 14.4. The maximum Gasteiger partial charge on any atom is 0.187 e. The van der Waals surface area contributed by atoms with Crippen LogP contribution in [-0.2, 0) is 0 Å². The number of nitrogens with zero attached hydrogens (tertiary/aromatic N) is 4. The van der Waals surface area contributed by atoms with Crippen LogP contribution in [0.3, 0.4) is 0 Å². The van der Waals surface area contributed by atoms with Crippen molar-refractivity contribution >= 4 is 28.8 Å². The molecule has 122 valence electrons. The number of rotatable bonds is 3. The van der Waals surface area contributed by atoms with E-state index in [1.54, 1.807) is 0 Å². The van der Waals surface area contributed by atoms with Crippen molar-refractivity contribution in [2.45, 2.75) is 6.92 Å². The fourth-order valence-electron chi connectivity index (χ4n) is 2.64. The van der Waals surface area contributed by atoms with Gasteiger partial charge in [-0.1, -0.05) is 48.0 Å². The molecule has 0 saturated heterocycles. The Bertz CT molecular complexity index is 1050. The summed E-state index contributed by atoms with van der Waals surface area (Å²) in [7, 11) is 0. The molecule has 0 aliphatic carbocycles. The van der Waals surface area contributed by atoms with Crippen molar-refractivity contribution in [1.82, 2.24) is 9.38 Å². The Morgan fingerprint density at radius 3 is 2.40 bits per heavy atom. The lowest BCUT2D eigenvalue weighted by Crippen LogP contribution is -1.85. The molecule has 0 amide bonds. The lowest BCUT2D eigenvalue weighted by molar-refractivity contribution is 1.09. The van der Waals surface area contributed by atoms with Crippen LogP contribution >= 0.6 is 11.6 Å². The molecule has 0 aliphatic heterocycles. The number of hydrogen-bond acceptors (Lipinski definition) is 3. The Labute approximate surface area is 150 Å². The molecule has 4 aromatic rings. The smallest absolute Gasteiger partial charge is 0.187 e. The Hall–Kier alpha value is -2.98. The summed E-state index contributed by atoms with van der Waals surface area (Å²) in [5.41, 5.74) is 4.49. The van der Waals surface area contributed by atoms with E-state index in [2.05, 4.69) is 10.2 Å². The van der Waals surface area contributed by atoms with Gasteiger partial charge in [-0.3, -0.25) is 4.40 Å². The van der Waals surface area contributed by atoms with Gasteiger partial charge in [0.2, 0.25) is 0 Å². The molecule has 4 nitrogen and oxygen atoms in total. The zero-order chi connectivity index (χ0) is 17.2. The molecule has 4 rings (SSSR count). The predicted molar refractivity (Wildman–Crippen MR) is 101 cm³/mol. The van der Waals surface area contributed by atoms with E-state index in [1.165, 1.54) is 0 Å². The Balaban J connectivity index is 1.90. The van der Waals surface area contributed by atoms with Gasteiger partial charge < -0.3 is 0 Å². The Kier molecular flexibility index (Phi) is 4.04. The zero-order valence-electron chi connectivity index (χ0n) is 13.6. The second-order valence-corrected chi connectivity index (χ2v) is 6.20. The monoisotopic (exact) mass is 346 g/mol. The van der Waals surface area contributed by atoms with Crippen LogP contribution in [0.4, 0.5) is 11.5 Å². The highest BCUT2D eigenvalue weighted by Crippen LogP contribution is 2.33. The lowest BCUT2D eigenvalue weighted by Gasteiger charge is -2.01. The van der Waals surface area contributed by atoms with Gasteiger partial charge in [0.25, 0.3) is 0 Å². The van der Waals surface area contributed by atoms with Crippen LogP contribution in [-0.4, -0.2) is 9.38 Å². The van der Waals surface area contributed by atoms with Gasteiger partial charge in [-0.05, 0) is 42.8 Å². The summed E-state index contributed by atoms with van der Waals surface area (Å²) < 4.78 is 1.96. The number of halogens is 1. The van der Waals surface area contributed by atoms with E-state index >= 15 is 0 Å². The van der Waals surface area contributed by atoms with Gasteiger partial charge in [-0.15, -0.1) is 10.2 Å². The third-order valence-electron chi connectivity index (χ3n) is 3.88. The van der Waals surface area contributed by atoms with Crippen LogP contribution < -0.4 is 0 Å². The highest BCUT2D eigenvalue weighted by atomic mass is 35.5. The van der Waals surface area contributed by atoms with Crippen molar-refractivity contribution in [3.63, 3.8) is 0 Å². The summed E-state index contributed by atoms with van der Waals surface area (Å²) in [6.07, 6.45) is 2.01. The highest BCUT2D eigenvalue weighted by Gasteiger charge is 2.14. The molecular formula is C20H15ClN4. The normalized spacial score (nSPS) is 11.4. The maximum absolute atomic E-state index is 6.01. The van der Waals surface area contributed by atoms with E-state index in [-0.39, 0.29) is 0 Å². The number of hydrogen-bond donors (Lipinski definition) is 0. The van der Waals surface area contributed by atoms with Gasteiger partial charge in [0, 0.05) is 16.8 Å². The van der Waals surface area contributed by atoms with Crippen molar-refractivity contribution < 1.29 is 0 Å². The molecule has 0 bridgehead atoms. The van der Waals surface area contributed by atoms with Gasteiger partial charge >= 0.3 is 0 Å². The van der Waals surface area contributed by atoms with Crippen LogP contribution in [0.1, 0.15) is 5.56 Å². The molecule has 2 aromatic heterocycles. The largest absolute Gasteiger partial charge is 0.282 e. The number of aromatic nitrogens is 2. The van der Waals surface area contributed by atoms with Gasteiger partial charge in [-0.2, -0.15) is 0 Å². The number of azo groups is 1. The summed E-state index contributed by atoms with van der Waals surface area (Å²) in [6, 6.07) is 21.3. The Morgan fingerprint density at radius 1 is 0.880 bits per heavy atom. The lowest BCUT2D eigenvalue weighted by atomic mass is 10.1. The van der Waals surface area contributed by atoms with Crippen molar-refractivity contribution in [2.75, 3.05) is 0 Å². The van der Waals surface area contributed by atoms with Crippen LogP contribution in [0.15, 0.2) is 83.2 Å². The molecule has 0 fully saturated rings. The van der Waals surface area contributed by atoms with E-state index in [9.17, 15) is 0 Å². The molecule has 5 heteroatoms. The minimum Gasteiger partial charge on any atom is -0.282 e. The number of pyridine rings is 1. The minimum absolute atomic E-state index is 0.691. The van der Waals surface area contributed by atoms with Gasteiger partial charge in [0.05, 0.1) is 5.69 Å². The first kappa shape index (κ1) is 15.5. The van der Waals surface area contributed by atoms with Crippen molar-refractivity contribution in [3.05, 3.63) is 83.5 Å². The van der Waals surface area contributed by atoms with E-state index in [4.69, 9.17) is 16.6 Å². The molecule has 0 unspecified atom stereocenters. The van der Waals surface area contributed by atoms with E-state index in [0.717, 1.165) is 28.2 Å². The molecule has 2 aromatic carbocycles.